The van der Waals surface area contributed by atoms with Gasteiger partial charge < -0.3 is 10.6 Å². The lowest BCUT2D eigenvalue weighted by Crippen LogP contribution is -2.37. The standard InChI is InChI=1S/C10H19N3O/c1-2-9(11)12-8-10(14)13-6-4-3-5-7-13/h2-8H2,1H3,(H2,11,12). The molecule has 0 unspecified atom stereocenters. The maximum atomic E-state index is 11.6. The third-order valence-electron chi connectivity index (χ3n) is 2.49. The molecule has 0 aromatic carbocycles. The zero-order valence-corrected chi connectivity index (χ0v) is 8.83. The number of piperidine rings is 1. The van der Waals surface area contributed by atoms with Gasteiger partial charge in [0.15, 0.2) is 0 Å². The molecule has 1 fully saturated rings. The highest BCUT2D eigenvalue weighted by atomic mass is 16.2. The Labute approximate surface area is 85.2 Å². The number of amidine groups is 1. The molecule has 1 aliphatic rings. The van der Waals surface area contributed by atoms with Gasteiger partial charge in [-0.25, -0.2) is 0 Å². The number of nitrogens with two attached hydrogens (primary N) is 1. The third-order valence-corrected chi connectivity index (χ3v) is 2.49. The van der Waals surface area contributed by atoms with Crippen LogP contribution in [0.4, 0.5) is 0 Å². The first-order valence-electron chi connectivity index (χ1n) is 5.30. The van der Waals surface area contributed by atoms with Crippen molar-refractivity contribution in [1.82, 2.24) is 4.90 Å². The van der Waals surface area contributed by atoms with Crippen molar-refractivity contribution < 1.29 is 4.79 Å². The average Bonchev–Trinajstić information content (AvgIpc) is 2.26. The first-order valence-corrected chi connectivity index (χ1v) is 5.30. The molecule has 1 heterocycles. The maximum Gasteiger partial charge on any atom is 0.244 e. The van der Waals surface area contributed by atoms with Gasteiger partial charge in [-0.3, -0.25) is 9.79 Å². The second-order valence-electron chi connectivity index (χ2n) is 3.60. The SMILES string of the molecule is CCC(N)=NCC(=O)N1CCCCC1. The fourth-order valence-corrected chi connectivity index (χ4v) is 1.52. The van der Waals surface area contributed by atoms with Crippen LogP contribution in [0.25, 0.3) is 0 Å². The van der Waals surface area contributed by atoms with E-state index in [1.165, 1.54) is 6.42 Å². The summed E-state index contributed by atoms with van der Waals surface area (Å²) in [4.78, 5) is 17.5. The first kappa shape index (κ1) is 11.0. The minimum atomic E-state index is 0.112. The summed E-state index contributed by atoms with van der Waals surface area (Å²) in [6.07, 6.45) is 4.20. The number of rotatable bonds is 3. The van der Waals surface area contributed by atoms with Crippen LogP contribution < -0.4 is 5.73 Å². The minimum absolute atomic E-state index is 0.112. The molecule has 0 aromatic heterocycles. The van der Waals surface area contributed by atoms with E-state index in [0.29, 0.717) is 12.3 Å². The van der Waals surface area contributed by atoms with E-state index in [0.717, 1.165) is 25.9 Å². The van der Waals surface area contributed by atoms with Crippen molar-refractivity contribution in [2.24, 2.45) is 10.7 Å². The van der Waals surface area contributed by atoms with Gasteiger partial charge in [0.2, 0.25) is 5.91 Å². The number of carbonyl (C=O) groups excluding carboxylic acids is 1. The molecule has 80 valence electrons. The fourth-order valence-electron chi connectivity index (χ4n) is 1.52. The van der Waals surface area contributed by atoms with Crippen molar-refractivity contribution in [3.8, 4) is 0 Å². The van der Waals surface area contributed by atoms with Gasteiger partial charge in [-0.2, -0.15) is 0 Å². The Kier molecular flexibility index (Phi) is 4.43. The zero-order chi connectivity index (χ0) is 10.4. The van der Waals surface area contributed by atoms with Crippen molar-refractivity contribution in [3.63, 3.8) is 0 Å². The first-order chi connectivity index (χ1) is 6.74. The van der Waals surface area contributed by atoms with Crippen molar-refractivity contribution in [2.75, 3.05) is 19.6 Å². The highest BCUT2D eigenvalue weighted by molar-refractivity contribution is 5.85. The van der Waals surface area contributed by atoms with E-state index in [4.69, 9.17) is 5.73 Å². The number of nitrogens with zero attached hydrogens (tertiary/aromatic N) is 2. The van der Waals surface area contributed by atoms with Crippen LogP contribution in [-0.2, 0) is 4.79 Å². The molecule has 0 bridgehead atoms. The fraction of sp³-hybridized carbons (Fsp3) is 0.800. The number of aliphatic imine (C=N–C) groups is 1. The highest BCUT2D eigenvalue weighted by Crippen LogP contribution is 2.08. The van der Waals surface area contributed by atoms with Crippen LogP contribution >= 0.6 is 0 Å². The molecule has 2 N–H and O–H groups in total. The Balaban J connectivity index is 2.33. The zero-order valence-electron chi connectivity index (χ0n) is 8.83. The van der Waals surface area contributed by atoms with Crippen LogP contribution in [0.5, 0.6) is 0 Å². The average molecular weight is 197 g/mol. The summed E-state index contributed by atoms with van der Waals surface area (Å²) in [5.41, 5.74) is 5.53. The Morgan fingerprint density at radius 2 is 2.00 bits per heavy atom. The molecular weight excluding hydrogens is 178 g/mol. The van der Waals surface area contributed by atoms with Crippen LogP contribution in [0.3, 0.4) is 0 Å². The van der Waals surface area contributed by atoms with Crippen LogP contribution in [-0.4, -0.2) is 36.3 Å². The van der Waals surface area contributed by atoms with E-state index in [9.17, 15) is 4.79 Å². The molecule has 0 spiro atoms. The van der Waals surface area contributed by atoms with Gasteiger partial charge in [-0.1, -0.05) is 6.92 Å². The van der Waals surface area contributed by atoms with Crippen molar-refractivity contribution in [3.05, 3.63) is 0 Å². The summed E-state index contributed by atoms with van der Waals surface area (Å²) in [5.74, 6) is 0.677. The molecule has 1 saturated heterocycles. The van der Waals surface area contributed by atoms with Gasteiger partial charge in [0.05, 0.1) is 5.84 Å². The highest BCUT2D eigenvalue weighted by Gasteiger charge is 2.15. The smallest absolute Gasteiger partial charge is 0.244 e. The molecule has 1 rings (SSSR count). The van der Waals surface area contributed by atoms with Crippen molar-refractivity contribution >= 4 is 11.7 Å². The molecule has 0 atom stereocenters. The van der Waals surface area contributed by atoms with Crippen LogP contribution in [0, 0.1) is 0 Å². The summed E-state index contributed by atoms with van der Waals surface area (Å²) in [6.45, 7) is 3.94. The van der Waals surface area contributed by atoms with Gasteiger partial charge >= 0.3 is 0 Å². The lowest BCUT2D eigenvalue weighted by molar-refractivity contribution is -0.130. The number of hydrogen-bond donors (Lipinski definition) is 1. The number of amides is 1. The van der Waals surface area contributed by atoms with Crippen LogP contribution in [0.1, 0.15) is 32.6 Å². The van der Waals surface area contributed by atoms with Crippen LogP contribution in [0.15, 0.2) is 4.99 Å². The summed E-state index contributed by atoms with van der Waals surface area (Å²) >= 11 is 0. The Hall–Kier alpha value is -1.06. The van der Waals surface area contributed by atoms with Crippen LogP contribution in [0.2, 0.25) is 0 Å². The second-order valence-corrected chi connectivity index (χ2v) is 3.60. The van der Waals surface area contributed by atoms with E-state index in [2.05, 4.69) is 4.99 Å². The second kappa shape index (κ2) is 5.62. The minimum Gasteiger partial charge on any atom is -0.387 e. The van der Waals surface area contributed by atoms with Gasteiger partial charge in [0, 0.05) is 19.5 Å². The molecule has 0 saturated carbocycles. The Morgan fingerprint density at radius 3 is 2.57 bits per heavy atom. The summed E-state index contributed by atoms with van der Waals surface area (Å²) in [7, 11) is 0. The molecular formula is C10H19N3O. The van der Waals surface area contributed by atoms with Gasteiger partial charge in [0.25, 0.3) is 0 Å². The molecule has 14 heavy (non-hydrogen) atoms. The lowest BCUT2D eigenvalue weighted by atomic mass is 10.1. The quantitative estimate of drug-likeness (QED) is 0.536. The number of carbonyl (C=O) groups is 1. The topological polar surface area (TPSA) is 58.7 Å². The molecule has 1 amide bonds. The van der Waals surface area contributed by atoms with Crippen molar-refractivity contribution in [1.29, 1.82) is 0 Å². The van der Waals surface area contributed by atoms with E-state index < -0.39 is 0 Å². The molecule has 4 heteroatoms. The van der Waals surface area contributed by atoms with Gasteiger partial charge in [-0.05, 0) is 19.3 Å². The molecule has 0 radical (unpaired) electrons. The lowest BCUT2D eigenvalue weighted by Gasteiger charge is -2.26. The molecule has 0 aromatic rings. The predicted molar refractivity (Wildman–Crippen MR) is 57.2 cm³/mol. The normalized spacial score (nSPS) is 18.4. The summed E-state index contributed by atoms with van der Waals surface area (Å²) < 4.78 is 0. The molecule has 0 aliphatic carbocycles. The van der Waals surface area contributed by atoms with Gasteiger partial charge in [-0.15, -0.1) is 0 Å². The summed E-state index contributed by atoms with van der Waals surface area (Å²) in [5, 5.41) is 0. The maximum absolute atomic E-state index is 11.6. The Bertz CT molecular complexity index is 219. The molecule has 1 aliphatic heterocycles. The molecule has 4 nitrogen and oxygen atoms in total. The predicted octanol–water partition coefficient (Wildman–Crippen LogP) is 0.766. The van der Waals surface area contributed by atoms with Crippen molar-refractivity contribution in [2.45, 2.75) is 32.6 Å². The van der Waals surface area contributed by atoms with Gasteiger partial charge in [0.1, 0.15) is 6.54 Å². The van der Waals surface area contributed by atoms with E-state index >= 15 is 0 Å². The monoisotopic (exact) mass is 197 g/mol. The largest absolute Gasteiger partial charge is 0.387 e. The number of likely N-dealkylation sites (tertiary alicyclic amines) is 1. The third kappa shape index (κ3) is 3.36. The van der Waals surface area contributed by atoms with E-state index in [-0.39, 0.29) is 12.5 Å². The summed E-state index contributed by atoms with van der Waals surface area (Å²) in [6, 6.07) is 0. The van der Waals surface area contributed by atoms with E-state index in [1.54, 1.807) is 0 Å². The number of hydrogen-bond acceptors (Lipinski definition) is 2. The van der Waals surface area contributed by atoms with E-state index in [1.807, 2.05) is 11.8 Å². The Morgan fingerprint density at radius 1 is 1.36 bits per heavy atom.